The van der Waals surface area contributed by atoms with Crippen LogP contribution in [0.3, 0.4) is 0 Å². The standard InChI is InChI=1S/2C14H9ClN2O2.Zn/c2*15-10-7-5-9(6-8-10)13-16-17-14(19-13)11-3-1-2-4-12(11)18;/h2*1-8,18H;. The van der Waals surface area contributed by atoms with Crippen molar-refractivity contribution in [1.29, 1.82) is 0 Å². The zero-order valence-corrected chi connectivity index (χ0v) is 24.7. The van der Waals surface area contributed by atoms with Crippen LogP contribution in [0.5, 0.6) is 11.5 Å². The Kier molecular flexibility index (Phi) is 9.09. The average molecular weight is 611 g/mol. The predicted molar refractivity (Wildman–Crippen MR) is 144 cm³/mol. The summed E-state index contributed by atoms with van der Waals surface area (Å²) in [7, 11) is 0. The van der Waals surface area contributed by atoms with Gasteiger partial charge >= 0.3 is 0 Å². The van der Waals surface area contributed by atoms with Gasteiger partial charge in [-0.1, -0.05) is 47.5 Å². The monoisotopic (exact) mass is 608 g/mol. The number of benzene rings is 4. The molecule has 0 aliphatic heterocycles. The van der Waals surface area contributed by atoms with Crippen LogP contribution in [-0.4, -0.2) is 30.6 Å². The van der Waals surface area contributed by atoms with Crippen LogP contribution in [0.2, 0.25) is 10.0 Å². The van der Waals surface area contributed by atoms with E-state index < -0.39 is 0 Å². The Morgan fingerprint density at radius 3 is 1.15 bits per heavy atom. The van der Waals surface area contributed by atoms with E-state index in [1.54, 1.807) is 97.1 Å². The van der Waals surface area contributed by atoms with Crippen molar-refractivity contribution in [3.8, 4) is 57.3 Å². The number of phenols is 2. The first kappa shape index (κ1) is 28.0. The zero-order valence-electron chi connectivity index (χ0n) is 20.2. The van der Waals surface area contributed by atoms with Gasteiger partial charge in [0.1, 0.15) is 11.5 Å². The second-order valence-corrected chi connectivity index (χ2v) is 8.75. The minimum absolute atomic E-state index is 0. The summed E-state index contributed by atoms with van der Waals surface area (Å²) in [5, 5.41) is 36.6. The predicted octanol–water partition coefficient (Wildman–Crippen LogP) is 7.52. The molecular weight excluding hydrogens is 593 g/mol. The molecule has 0 fully saturated rings. The number of nitrogens with zero attached hydrogens (tertiary/aromatic N) is 4. The van der Waals surface area contributed by atoms with E-state index >= 15 is 0 Å². The zero-order chi connectivity index (χ0) is 26.5. The third-order valence-electron chi connectivity index (χ3n) is 5.30. The molecule has 0 aliphatic rings. The van der Waals surface area contributed by atoms with E-state index in [9.17, 15) is 10.2 Å². The molecule has 0 unspecified atom stereocenters. The molecule has 39 heavy (non-hydrogen) atoms. The van der Waals surface area contributed by atoms with Gasteiger partial charge in [0, 0.05) is 40.7 Å². The van der Waals surface area contributed by atoms with E-state index in [2.05, 4.69) is 20.4 Å². The van der Waals surface area contributed by atoms with E-state index in [-0.39, 0.29) is 42.8 Å². The van der Waals surface area contributed by atoms with Crippen LogP contribution in [0.15, 0.2) is 106 Å². The molecule has 0 saturated heterocycles. The van der Waals surface area contributed by atoms with E-state index in [1.165, 1.54) is 0 Å². The van der Waals surface area contributed by atoms with Crippen molar-refractivity contribution in [2.24, 2.45) is 0 Å². The SMILES string of the molecule is Oc1ccccc1-c1nnc(-c2ccc(Cl)cc2)o1.Oc1ccccc1-c1nnc(-c2ccc(Cl)cc2)o1.[Zn]. The minimum atomic E-state index is 0. The second kappa shape index (κ2) is 12.7. The molecule has 11 heteroatoms. The summed E-state index contributed by atoms with van der Waals surface area (Å²) in [5.74, 6) is 1.54. The first-order chi connectivity index (χ1) is 18.5. The van der Waals surface area contributed by atoms with Gasteiger partial charge in [-0.25, -0.2) is 0 Å². The molecule has 2 N–H and O–H groups in total. The Labute approximate surface area is 245 Å². The molecule has 2 aromatic heterocycles. The summed E-state index contributed by atoms with van der Waals surface area (Å²) in [5.41, 5.74) is 2.57. The maximum atomic E-state index is 9.73. The molecule has 0 aliphatic carbocycles. The summed E-state index contributed by atoms with van der Waals surface area (Å²) in [6.45, 7) is 0. The summed E-state index contributed by atoms with van der Waals surface area (Å²) in [4.78, 5) is 0. The van der Waals surface area contributed by atoms with E-state index in [0.717, 1.165) is 11.1 Å². The first-order valence-electron chi connectivity index (χ1n) is 11.2. The van der Waals surface area contributed by atoms with Gasteiger partial charge in [0.15, 0.2) is 0 Å². The molecule has 4 aromatic carbocycles. The van der Waals surface area contributed by atoms with Crippen LogP contribution >= 0.6 is 23.2 Å². The molecule has 6 rings (SSSR count). The molecule has 0 bridgehead atoms. The van der Waals surface area contributed by atoms with E-state index in [4.69, 9.17) is 32.0 Å². The molecule has 0 spiro atoms. The minimum Gasteiger partial charge on any atom is -0.507 e. The van der Waals surface area contributed by atoms with Gasteiger partial charge in [-0.05, 0) is 72.8 Å². The number of rotatable bonds is 4. The Hall–Kier alpha value is -4.04. The summed E-state index contributed by atoms with van der Waals surface area (Å²) < 4.78 is 11.1. The quantitative estimate of drug-likeness (QED) is 0.197. The largest absolute Gasteiger partial charge is 0.507 e. The number of para-hydroxylation sites is 2. The first-order valence-corrected chi connectivity index (χ1v) is 12.0. The molecule has 2 heterocycles. The average Bonchev–Trinajstić information content (AvgIpc) is 3.61. The number of halogens is 2. The molecular formula is C28H18Cl2N4O4Zn. The van der Waals surface area contributed by atoms with Crippen molar-refractivity contribution in [2.45, 2.75) is 0 Å². The molecule has 8 nitrogen and oxygen atoms in total. The van der Waals surface area contributed by atoms with Gasteiger partial charge < -0.3 is 19.0 Å². The smallest absolute Gasteiger partial charge is 0.251 e. The molecule has 0 amide bonds. The molecule has 0 saturated carbocycles. The van der Waals surface area contributed by atoms with Crippen molar-refractivity contribution in [2.75, 3.05) is 0 Å². The fourth-order valence-corrected chi connectivity index (χ4v) is 3.64. The van der Waals surface area contributed by atoms with Crippen LogP contribution in [-0.2, 0) is 19.5 Å². The van der Waals surface area contributed by atoms with Gasteiger partial charge in [-0.15, -0.1) is 20.4 Å². The van der Waals surface area contributed by atoms with Crippen LogP contribution in [0, 0.1) is 0 Å². The topological polar surface area (TPSA) is 118 Å². The van der Waals surface area contributed by atoms with Crippen LogP contribution < -0.4 is 0 Å². The Bertz CT molecular complexity index is 1550. The fourth-order valence-electron chi connectivity index (χ4n) is 3.39. The third kappa shape index (κ3) is 6.70. The number of hydrogen-bond acceptors (Lipinski definition) is 8. The van der Waals surface area contributed by atoms with Gasteiger partial charge in [-0.2, -0.15) is 0 Å². The third-order valence-corrected chi connectivity index (χ3v) is 5.81. The van der Waals surface area contributed by atoms with Crippen LogP contribution in [0.25, 0.3) is 45.8 Å². The number of hydrogen-bond donors (Lipinski definition) is 2. The summed E-state index contributed by atoms with van der Waals surface area (Å²) in [6, 6.07) is 27.8. The van der Waals surface area contributed by atoms with Gasteiger partial charge in [0.25, 0.3) is 11.8 Å². The van der Waals surface area contributed by atoms with Crippen molar-refractivity contribution in [1.82, 2.24) is 20.4 Å². The van der Waals surface area contributed by atoms with Crippen LogP contribution in [0.4, 0.5) is 0 Å². The fraction of sp³-hybridized carbons (Fsp3) is 0. The Balaban J connectivity index is 0.000000176. The van der Waals surface area contributed by atoms with Crippen molar-refractivity contribution >= 4 is 23.2 Å². The van der Waals surface area contributed by atoms with Crippen molar-refractivity contribution in [3.63, 3.8) is 0 Å². The Morgan fingerprint density at radius 2 is 0.795 bits per heavy atom. The van der Waals surface area contributed by atoms with Crippen LogP contribution in [0.1, 0.15) is 0 Å². The second-order valence-electron chi connectivity index (χ2n) is 7.87. The van der Waals surface area contributed by atoms with E-state index in [1.807, 2.05) is 0 Å². The number of aromatic nitrogens is 4. The summed E-state index contributed by atoms with van der Waals surface area (Å²) in [6.07, 6.45) is 0. The normalized spacial score (nSPS) is 10.3. The molecule has 0 radical (unpaired) electrons. The van der Waals surface area contributed by atoms with Gasteiger partial charge in [0.2, 0.25) is 11.8 Å². The summed E-state index contributed by atoms with van der Waals surface area (Å²) >= 11 is 11.6. The van der Waals surface area contributed by atoms with E-state index in [0.29, 0.717) is 33.0 Å². The molecule has 6 aromatic rings. The molecule has 0 atom stereocenters. The van der Waals surface area contributed by atoms with Crippen molar-refractivity contribution < 1.29 is 38.5 Å². The maximum Gasteiger partial charge on any atom is 0.251 e. The van der Waals surface area contributed by atoms with Crippen molar-refractivity contribution in [3.05, 3.63) is 107 Å². The number of aromatic hydroxyl groups is 2. The Morgan fingerprint density at radius 1 is 0.462 bits per heavy atom. The number of phenolic OH excluding ortho intramolecular Hbond substituents is 2. The van der Waals surface area contributed by atoms with Gasteiger partial charge in [-0.3, -0.25) is 0 Å². The molecule has 190 valence electrons. The maximum absolute atomic E-state index is 9.73. The van der Waals surface area contributed by atoms with Gasteiger partial charge in [0.05, 0.1) is 11.1 Å².